The molecule has 0 aliphatic carbocycles. The van der Waals surface area contributed by atoms with Gasteiger partial charge in [0.05, 0.1) is 5.54 Å². The molecule has 1 unspecified atom stereocenters. The first kappa shape index (κ1) is 18.4. The molecule has 0 aromatic carbocycles. The third-order valence-electron chi connectivity index (χ3n) is 5.91. The molecule has 1 amide bonds. The summed E-state index contributed by atoms with van der Waals surface area (Å²) < 4.78 is 0. The number of carbonyl (C=O) groups is 1. The number of piperidine rings is 1. The van der Waals surface area contributed by atoms with Crippen molar-refractivity contribution < 1.29 is 4.79 Å². The molecule has 21 heavy (non-hydrogen) atoms. The number of nitrogens with zero attached hydrogens (tertiary/aromatic N) is 1. The van der Waals surface area contributed by atoms with Crippen molar-refractivity contribution >= 4 is 5.91 Å². The number of likely N-dealkylation sites (N-methyl/N-ethyl adjacent to an activating group) is 1. The molecular weight excluding hydrogens is 262 g/mol. The van der Waals surface area contributed by atoms with Crippen LogP contribution in [0.5, 0.6) is 0 Å². The quantitative estimate of drug-likeness (QED) is 0.643. The van der Waals surface area contributed by atoms with E-state index in [1.165, 1.54) is 38.8 Å². The summed E-state index contributed by atoms with van der Waals surface area (Å²) in [4.78, 5) is 14.0. The van der Waals surface area contributed by atoms with Gasteiger partial charge in [-0.3, -0.25) is 4.79 Å². The van der Waals surface area contributed by atoms with E-state index in [-0.39, 0.29) is 5.91 Å². The maximum Gasteiger partial charge on any atom is 0.237 e. The van der Waals surface area contributed by atoms with Crippen LogP contribution in [0.15, 0.2) is 0 Å². The molecule has 0 spiro atoms. The van der Waals surface area contributed by atoms with Crippen LogP contribution in [-0.2, 0) is 4.79 Å². The molecular formula is C17H35N3O. The summed E-state index contributed by atoms with van der Waals surface area (Å²) in [5, 5.41) is 3.05. The maximum absolute atomic E-state index is 11.4. The van der Waals surface area contributed by atoms with E-state index in [0.717, 1.165) is 25.8 Å². The molecule has 1 fully saturated rings. The highest BCUT2D eigenvalue weighted by atomic mass is 16.1. The second kappa shape index (κ2) is 8.14. The Balaban J connectivity index is 2.25. The highest BCUT2D eigenvalue weighted by Crippen LogP contribution is 2.37. The molecule has 0 radical (unpaired) electrons. The van der Waals surface area contributed by atoms with Crippen LogP contribution >= 0.6 is 0 Å². The van der Waals surface area contributed by atoms with Crippen molar-refractivity contribution in [1.29, 1.82) is 0 Å². The van der Waals surface area contributed by atoms with Crippen LogP contribution in [0.4, 0.5) is 0 Å². The van der Waals surface area contributed by atoms with Gasteiger partial charge in [0.25, 0.3) is 0 Å². The van der Waals surface area contributed by atoms with Crippen molar-refractivity contribution in [3.05, 3.63) is 0 Å². The minimum atomic E-state index is -0.554. The summed E-state index contributed by atoms with van der Waals surface area (Å²) in [7, 11) is 1.81. The first-order valence-corrected chi connectivity index (χ1v) is 8.62. The van der Waals surface area contributed by atoms with Gasteiger partial charge in [-0.05, 0) is 71.1 Å². The van der Waals surface area contributed by atoms with Crippen LogP contribution in [-0.4, -0.2) is 43.0 Å². The number of nitrogens with one attached hydrogen (secondary N) is 1. The van der Waals surface area contributed by atoms with Crippen LogP contribution < -0.4 is 11.1 Å². The summed E-state index contributed by atoms with van der Waals surface area (Å²) in [5.74, 6) is -0.251. The average molecular weight is 297 g/mol. The van der Waals surface area contributed by atoms with Crippen molar-refractivity contribution in [3.8, 4) is 0 Å². The number of nitrogens with two attached hydrogens (primary N) is 1. The average Bonchev–Trinajstić information content (AvgIpc) is 2.51. The molecule has 4 nitrogen and oxygen atoms in total. The fourth-order valence-corrected chi connectivity index (χ4v) is 3.39. The Morgan fingerprint density at radius 2 is 1.81 bits per heavy atom. The molecule has 0 aromatic rings. The number of hydrogen-bond acceptors (Lipinski definition) is 3. The molecule has 1 heterocycles. The Labute approximate surface area is 130 Å². The van der Waals surface area contributed by atoms with E-state index in [1.54, 1.807) is 0 Å². The van der Waals surface area contributed by atoms with Gasteiger partial charge in [-0.2, -0.15) is 0 Å². The van der Waals surface area contributed by atoms with Crippen molar-refractivity contribution in [2.24, 2.45) is 11.1 Å². The van der Waals surface area contributed by atoms with Crippen LogP contribution in [0, 0.1) is 5.41 Å². The molecule has 0 saturated carbocycles. The van der Waals surface area contributed by atoms with Gasteiger partial charge < -0.3 is 16.0 Å². The van der Waals surface area contributed by atoms with Crippen LogP contribution in [0.25, 0.3) is 0 Å². The van der Waals surface area contributed by atoms with Crippen LogP contribution in [0.1, 0.15) is 65.7 Å². The van der Waals surface area contributed by atoms with Crippen LogP contribution in [0.2, 0.25) is 0 Å². The van der Waals surface area contributed by atoms with E-state index >= 15 is 0 Å². The van der Waals surface area contributed by atoms with Gasteiger partial charge in [0.2, 0.25) is 5.91 Å². The second-order valence-corrected chi connectivity index (χ2v) is 6.95. The Hall–Kier alpha value is -0.610. The Kier molecular flexibility index (Phi) is 7.14. The Bertz CT molecular complexity index is 318. The monoisotopic (exact) mass is 297 g/mol. The lowest BCUT2D eigenvalue weighted by Crippen LogP contribution is -2.51. The van der Waals surface area contributed by atoms with E-state index in [4.69, 9.17) is 5.73 Å². The molecule has 3 N–H and O–H groups in total. The van der Waals surface area contributed by atoms with Crippen molar-refractivity contribution in [1.82, 2.24) is 10.2 Å². The fourth-order valence-electron chi connectivity index (χ4n) is 3.39. The Morgan fingerprint density at radius 3 is 2.24 bits per heavy atom. The number of primary amides is 1. The van der Waals surface area contributed by atoms with Gasteiger partial charge in [0.15, 0.2) is 0 Å². The molecule has 1 saturated heterocycles. The first-order valence-electron chi connectivity index (χ1n) is 8.62. The number of rotatable bonds is 9. The SMILES string of the molecule is CCC1(CC)CCN(CCCCC(C)(NC)C(N)=O)CC1. The van der Waals surface area contributed by atoms with Gasteiger partial charge in [0.1, 0.15) is 0 Å². The number of unbranched alkanes of at least 4 members (excludes halogenated alkanes) is 1. The highest BCUT2D eigenvalue weighted by Gasteiger charge is 2.31. The van der Waals surface area contributed by atoms with E-state index in [9.17, 15) is 4.79 Å². The zero-order valence-electron chi connectivity index (χ0n) is 14.5. The molecule has 124 valence electrons. The zero-order chi connectivity index (χ0) is 15.9. The molecule has 0 bridgehead atoms. The largest absolute Gasteiger partial charge is 0.368 e. The molecule has 4 heteroatoms. The minimum absolute atomic E-state index is 0.251. The predicted octanol–water partition coefficient (Wildman–Crippen LogP) is 2.52. The molecule has 1 atom stereocenters. The van der Waals surface area contributed by atoms with E-state index in [2.05, 4.69) is 24.1 Å². The van der Waals surface area contributed by atoms with Crippen molar-refractivity contribution in [2.45, 2.75) is 71.3 Å². The minimum Gasteiger partial charge on any atom is -0.368 e. The number of likely N-dealkylation sites (tertiary alicyclic amines) is 1. The third kappa shape index (κ3) is 4.96. The number of carbonyl (C=O) groups excluding carboxylic acids is 1. The second-order valence-electron chi connectivity index (χ2n) is 6.95. The summed E-state index contributed by atoms with van der Waals surface area (Å²) in [6.45, 7) is 10.2. The maximum atomic E-state index is 11.4. The van der Waals surface area contributed by atoms with E-state index < -0.39 is 5.54 Å². The van der Waals surface area contributed by atoms with Gasteiger partial charge >= 0.3 is 0 Å². The summed E-state index contributed by atoms with van der Waals surface area (Å²) in [6.07, 6.45) is 8.33. The van der Waals surface area contributed by atoms with Gasteiger partial charge in [-0.1, -0.05) is 26.7 Å². The van der Waals surface area contributed by atoms with Gasteiger partial charge in [-0.25, -0.2) is 0 Å². The molecule has 0 aromatic heterocycles. The van der Waals surface area contributed by atoms with Gasteiger partial charge in [-0.15, -0.1) is 0 Å². The smallest absolute Gasteiger partial charge is 0.237 e. The fraction of sp³-hybridized carbons (Fsp3) is 0.941. The normalized spacial score (nSPS) is 21.9. The zero-order valence-corrected chi connectivity index (χ0v) is 14.5. The molecule has 1 aliphatic rings. The molecule has 1 rings (SSSR count). The predicted molar refractivity (Wildman–Crippen MR) is 89.2 cm³/mol. The number of amides is 1. The third-order valence-corrected chi connectivity index (χ3v) is 5.91. The summed E-state index contributed by atoms with van der Waals surface area (Å²) in [5.41, 5.74) is 5.51. The summed E-state index contributed by atoms with van der Waals surface area (Å²) >= 11 is 0. The standard InChI is InChI=1S/C17H35N3O/c1-5-17(6-2)10-13-20(14-11-17)12-8-7-9-16(3,19-4)15(18)21/h19H,5-14H2,1-4H3,(H2,18,21). The van der Waals surface area contributed by atoms with E-state index in [1.807, 2.05) is 14.0 Å². The number of hydrogen-bond donors (Lipinski definition) is 2. The van der Waals surface area contributed by atoms with Crippen molar-refractivity contribution in [3.63, 3.8) is 0 Å². The lowest BCUT2D eigenvalue weighted by Gasteiger charge is -2.41. The molecule has 1 aliphatic heterocycles. The first-order chi connectivity index (χ1) is 9.91. The van der Waals surface area contributed by atoms with E-state index in [0.29, 0.717) is 5.41 Å². The lowest BCUT2D eigenvalue weighted by molar-refractivity contribution is -0.123. The highest BCUT2D eigenvalue weighted by molar-refractivity contribution is 5.84. The van der Waals surface area contributed by atoms with Gasteiger partial charge in [0, 0.05) is 0 Å². The van der Waals surface area contributed by atoms with Crippen LogP contribution in [0.3, 0.4) is 0 Å². The Morgan fingerprint density at radius 1 is 1.24 bits per heavy atom. The summed E-state index contributed by atoms with van der Waals surface area (Å²) in [6, 6.07) is 0. The lowest BCUT2D eigenvalue weighted by atomic mass is 9.74. The van der Waals surface area contributed by atoms with Crippen molar-refractivity contribution in [2.75, 3.05) is 26.7 Å². The topological polar surface area (TPSA) is 58.4 Å².